The zero-order chi connectivity index (χ0) is 16.8. The van der Waals surface area contributed by atoms with Gasteiger partial charge in [0.1, 0.15) is 11.5 Å². The molecule has 0 spiro atoms. The molecule has 0 fully saturated rings. The fourth-order valence-corrected chi connectivity index (χ4v) is 1.75. The van der Waals surface area contributed by atoms with Crippen molar-refractivity contribution in [2.24, 2.45) is 0 Å². The molecule has 0 heterocycles. The third kappa shape index (κ3) is 4.62. The molecule has 2 rings (SSSR count). The smallest absolute Gasteiger partial charge is 0.417 e. The van der Waals surface area contributed by atoms with Crippen LogP contribution < -0.4 is 4.74 Å². The Morgan fingerprint density at radius 3 is 2.05 bits per heavy atom. The van der Waals surface area contributed by atoms with Gasteiger partial charge in [-0.2, -0.15) is 13.2 Å². The van der Waals surface area contributed by atoms with Gasteiger partial charge in [-0.3, -0.25) is 4.79 Å². The van der Waals surface area contributed by atoms with E-state index in [9.17, 15) is 18.0 Å². The Morgan fingerprint density at radius 1 is 0.955 bits per heavy atom. The fraction of sp³-hybridized carbons (Fsp3) is 0.235. The van der Waals surface area contributed by atoms with Crippen LogP contribution in [0.3, 0.4) is 0 Å². The largest absolute Gasteiger partial charge is 0.457 e. The van der Waals surface area contributed by atoms with Crippen LogP contribution >= 0.6 is 0 Å². The summed E-state index contributed by atoms with van der Waals surface area (Å²) < 4.78 is 44.1. The molecule has 2 aromatic rings. The number of carbonyl (C=O) groups excluding carboxylic acids is 1. The Morgan fingerprint density at radius 2 is 1.55 bits per heavy atom. The molecule has 0 amide bonds. The Hall–Kier alpha value is -2.30. The van der Waals surface area contributed by atoms with Crippen LogP contribution in [0.15, 0.2) is 48.5 Å². The maximum Gasteiger partial charge on any atom is 0.417 e. The lowest BCUT2D eigenvalue weighted by Gasteiger charge is -2.13. The van der Waals surface area contributed by atoms with E-state index in [4.69, 9.17) is 4.74 Å². The lowest BCUT2D eigenvalue weighted by atomic mass is 10.0. The van der Waals surface area contributed by atoms with Crippen molar-refractivity contribution < 1.29 is 22.7 Å². The van der Waals surface area contributed by atoms with Crippen LogP contribution in [0.4, 0.5) is 13.2 Å². The Labute approximate surface area is 127 Å². The maximum absolute atomic E-state index is 12.9. The van der Waals surface area contributed by atoms with E-state index >= 15 is 0 Å². The minimum Gasteiger partial charge on any atom is -0.457 e. The van der Waals surface area contributed by atoms with Crippen molar-refractivity contribution in [2.75, 3.05) is 0 Å². The number of ketones is 1. The Kier molecular flexibility index (Phi) is 6.16. The molecule has 22 heavy (non-hydrogen) atoms. The highest BCUT2D eigenvalue weighted by Gasteiger charge is 2.35. The molecule has 0 aliphatic heterocycles. The van der Waals surface area contributed by atoms with E-state index < -0.39 is 17.5 Å². The maximum atomic E-state index is 12.9. The number of hydrogen-bond acceptors (Lipinski definition) is 2. The number of rotatable bonds is 3. The standard InChI is InChI=1S/C15H11F3O2.C2H6/c1-10(19)13-8-7-12(9-14(13)15(16,17)18)20-11-5-3-2-4-6-11;1-2/h2-9H,1H3;1-2H3. The summed E-state index contributed by atoms with van der Waals surface area (Å²) in [6.45, 7) is 5.10. The molecule has 0 aromatic heterocycles. The van der Waals surface area contributed by atoms with Crippen molar-refractivity contribution in [3.63, 3.8) is 0 Å². The molecule has 0 atom stereocenters. The summed E-state index contributed by atoms with van der Waals surface area (Å²) in [6, 6.07) is 11.8. The van der Waals surface area contributed by atoms with Gasteiger partial charge in [0.15, 0.2) is 5.78 Å². The van der Waals surface area contributed by atoms with E-state index in [2.05, 4.69) is 0 Å². The summed E-state index contributed by atoms with van der Waals surface area (Å²) in [5, 5.41) is 0. The number of halogens is 3. The van der Waals surface area contributed by atoms with Crippen LogP contribution in [0.5, 0.6) is 11.5 Å². The van der Waals surface area contributed by atoms with Crippen LogP contribution in [0.25, 0.3) is 0 Å². The number of para-hydroxylation sites is 1. The minimum absolute atomic E-state index is 0.0357. The normalized spacial score (nSPS) is 10.5. The Balaban J connectivity index is 0.00000116. The highest BCUT2D eigenvalue weighted by Crippen LogP contribution is 2.35. The van der Waals surface area contributed by atoms with E-state index in [-0.39, 0.29) is 11.3 Å². The molecule has 0 unspecified atom stereocenters. The molecule has 0 aliphatic rings. The number of alkyl halides is 3. The van der Waals surface area contributed by atoms with Gasteiger partial charge in [0, 0.05) is 5.56 Å². The minimum atomic E-state index is -4.60. The zero-order valence-electron chi connectivity index (χ0n) is 12.6. The molecular formula is C17H17F3O2. The monoisotopic (exact) mass is 310 g/mol. The zero-order valence-corrected chi connectivity index (χ0v) is 12.6. The van der Waals surface area contributed by atoms with Crippen LogP contribution in [-0.2, 0) is 6.18 Å². The average molecular weight is 310 g/mol. The lowest BCUT2D eigenvalue weighted by molar-refractivity contribution is -0.138. The molecule has 0 saturated heterocycles. The van der Waals surface area contributed by atoms with E-state index in [1.165, 1.54) is 6.07 Å². The molecule has 0 radical (unpaired) electrons. The first-order valence-corrected chi connectivity index (χ1v) is 6.83. The molecule has 0 aliphatic carbocycles. The Bertz CT molecular complexity index is 620. The first-order chi connectivity index (χ1) is 10.4. The second-order valence-electron chi connectivity index (χ2n) is 4.18. The van der Waals surface area contributed by atoms with Gasteiger partial charge >= 0.3 is 6.18 Å². The van der Waals surface area contributed by atoms with Crippen LogP contribution in [0.1, 0.15) is 36.7 Å². The number of ether oxygens (including phenoxy) is 1. The average Bonchev–Trinajstić information content (AvgIpc) is 2.49. The fourth-order valence-electron chi connectivity index (χ4n) is 1.75. The van der Waals surface area contributed by atoms with Gasteiger partial charge in [-0.05, 0) is 37.3 Å². The second kappa shape index (κ2) is 7.64. The van der Waals surface area contributed by atoms with E-state index in [1.807, 2.05) is 13.8 Å². The molecular weight excluding hydrogens is 293 g/mol. The van der Waals surface area contributed by atoms with Gasteiger partial charge in [0.25, 0.3) is 0 Å². The highest BCUT2D eigenvalue weighted by molar-refractivity contribution is 5.95. The van der Waals surface area contributed by atoms with Crippen molar-refractivity contribution in [2.45, 2.75) is 26.9 Å². The van der Waals surface area contributed by atoms with E-state index in [0.29, 0.717) is 5.75 Å². The van der Waals surface area contributed by atoms with Gasteiger partial charge in [-0.15, -0.1) is 0 Å². The summed E-state index contributed by atoms with van der Waals surface area (Å²) in [5.41, 5.74) is -1.35. The van der Waals surface area contributed by atoms with Crippen LogP contribution in [0.2, 0.25) is 0 Å². The second-order valence-corrected chi connectivity index (χ2v) is 4.18. The van der Waals surface area contributed by atoms with Crippen LogP contribution in [-0.4, -0.2) is 5.78 Å². The van der Waals surface area contributed by atoms with E-state index in [0.717, 1.165) is 19.1 Å². The van der Waals surface area contributed by atoms with Gasteiger partial charge in [-0.1, -0.05) is 32.0 Å². The third-order valence-corrected chi connectivity index (χ3v) is 2.65. The van der Waals surface area contributed by atoms with Crippen LogP contribution in [0, 0.1) is 0 Å². The van der Waals surface area contributed by atoms with Gasteiger partial charge in [-0.25, -0.2) is 0 Å². The summed E-state index contributed by atoms with van der Waals surface area (Å²) in [6.07, 6.45) is -4.60. The molecule has 118 valence electrons. The molecule has 0 N–H and O–H groups in total. The predicted octanol–water partition coefficient (Wildman–Crippen LogP) is 5.73. The first-order valence-electron chi connectivity index (χ1n) is 6.83. The third-order valence-electron chi connectivity index (χ3n) is 2.65. The number of hydrogen-bond donors (Lipinski definition) is 0. The predicted molar refractivity (Wildman–Crippen MR) is 79.3 cm³/mol. The quantitative estimate of drug-likeness (QED) is 0.677. The summed E-state index contributed by atoms with van der Waals surface area (Å²) in [7, 11) is 0. The van der Waals surface area contributed by atoms with Gasteiger partial charge in [0.05, 0.1) is 5.56 Å². The van der Waals surface area contributed by atoms with Crippen molar-refractivity contribution >= 4 is 5.78 Å². The highest BCUT2D eigenvalue weighted by atomic mass is 19.4. The van der Waals surface area contributed by atoms with E-state index in [1.54, 1.807) is 30.3 Å². The number of benzene rings is 2. The van der Waals surface area contributed by atoms with Gasteiger partial charge in [0.2, 0.25) is 0 Å². The van der Waals surface area contributed by atoms with Crippen molar-refractivity contribution in [1.29, 1.82) is 0 Å². The molecule has 5 heteroatoms. The topological polar surface area (TPSA) is 26.3 Å². The summed E-state index contributed by atoms with van der Waals surface area (Å²) in [4.78, 5) is 11.2. The number of Topliss-reactive ketones (excluding diaryl/α,β-unsaturated/α-hetero) is 1. The summed E-state index contributed by atoms with van der Waals surface area (Å²) >= 11 is 0. The molecule has 2 aromatic carbocycles. The van der Waals surface area contributed by atoms with Gasteiger partial charge < -0.3 is 4.74 Å². The lowest BCUT2D eigenvalue weighted by Crippen LogP contribution is -2.11. The van der Waals surface area contributed by atoms with Crippen molar-refractivity contribution in [3.8, 4) is 11.5 Å². The van der Waals surface area contributed by atoms with Crippen molar-refractivity contribution in [3.05, 3.63) is 59.7 Å². The van der Waals surface area contributed by atoms with Crippen molar-refractivity contribution in [1.82, 2.24) is 0 Å². The molecule has 0 bridgehead atoms. The number of carbonyl (C=O) groups is 1. The summed E-state index contributed by atoms with van der Waals surface area (Å²) in [5.74, 6) is -0.173. The SMILES string of the molecule is CC.CC(=O)c1ccc(Oc2ccccc2)cc1C(F)(F)F. The molecule has 0 saturated carbocycles. The first kappa shape index (κ1) is 17.8. The molecule has 2 nitrogen and oxygen atoms in total.